The van der Waals surface area contributed by atoms with Gasteiger partial charge >= 0.3 is 0 Å². The molecule has 0 aromatic carbocycles. The van der Waals surface area contributed by atoms with Gasteiger partial charge in [-0.25, -0.2) is 0 Å². The van der Waals surface area contributed by atoms with Crippen molar-refractivity contribution in [1.82, 2.24) is 9.80 Å². The van der Waals surface area contributed by atoms with Gasteiger partial charge in [0.05, 0.1) is 0 Å². The number of carbonyl (C=O) groups excluding carboxylic acids is 1. The smallest absolute Gasteiger partial charge is 0.132 e. The number of Topliss-reactive ketones (excluding diaryl/α,β-unsaturated/α-hetero) is 1. The molecule has 1 fully saturated rings. The van der Waals surface area contributed by atoms with Crippen molar-refractivity contribution in [1.29, 1.82) is 0 Å². The second-order valence-electron chi connectivity index (χ2n) is 4.96. The Bertz CT molecular complexity index is 226. The van der Waals surface area contributed by atoms with E-state index in [0.29, 0.717) is 12.2 Å². The summed E-state index contributed by atoms with van der Waals surface area (Å²) in [4.78, 5) is 16.3. The maximum atomic E-state index is 11.2. The molecule has 0 N–H and O–H groups in total. The van der Waals surface area contributed by atoms with E-state index in [-0.39, 0.29) is 0 Å². The van der Waals surface area contributed by atoms with Gasteiger partial charge in [-0.2, -0.15) is 0 Å². The maximum Gasteiger partial charge on any atom is 0.132 e. The molecule has 1 heterocycles. The molecular formula is C14H28N2O. The van der Waals surface area contributed by atoms with E-state index in [1.807, 2.05) is 6.92 Å². The van der Waals surface area contributed by atoms with Crippen LogP contribution in [0.15, 0.2) is 0 Å². The van der Waals surface area contributed by atoms with Gasteiger partial charge in [-0.05, 0) is 39.0 Å². The highest BCUT2D eigenvalue weighted by atomic mass is 16.1. The lowest BCUT2D eigenvalue weighted by Crippen LogP contribution is -2.37. The first-order valence-electron chi connectivity index (χ1n) is 7.19. The molecular weight excluding hydrogens is 212 g/mol. The largest absolute Gasteiger partial charge is 0.302 e. The number of hydrogen-bond donors (Lipinski definition) is 0. The van der Waals surface area contributed by atoms with Gasteiger partial charge in [0.2, 0.25) is 0 Å². The Kier molecular flexibility index (Phi) is 6.75. The van der Waals surface area contributed by atoms with Crippen LogP contribution in [0.2, 0.25) is 0 Å². The van der Waals surface area contributed by atoms with Crippen molar-refractivity contribution in [2.24, 2.45) is 0 Å². The van der Waals surface area contributed by atoms with Crippen LogP contribution < -0.4 is 0 Å². The molecule has 0 saturated carbocycles. The molecule has 0 aromatic rings. The van der Waals surface area contributed by atoms with Crippen LogP contribution in [0.4, 0.5) is 0 Å². The fourth-order valence-corrected chi connectivity index (χ4v) is 2.73. The van der Waals surface area contributed by atoms with Crippen molar-refractivity contribution >= 4 is 5.78 Å². The molecule has 1 rings (SSSR count). The standard InChI is InChI=1S/C14H28N2O/c1-4-14(17)8-7-10-15-11-9-13(12-15)16(5-2)6-3/h13H,4-12H2,1-3H3. The molecule has 0 bridgehead atoms. The van der Waals surface area contributed by atoms with Gasteiger partial charge in [-0.3, -0.25) is 9.69 Å². The van der Waals surface area contributed by atoms with Crippen molar-refractivity contribution in [2.75, 3.05) is 32.7 Å². The van der Waals surface area contributed by atoms with Crippen molar-refractivity contribution in [3.63, 3.8) is 0 Å². The Hall–Kier alpha value is -0.410. The first-order chi connectivity index (χ1) is 8.21. The summed E-state index contributed by atoms with van der Waals surface area (Å²) in [5.41, 5.74) is 0. The van der Waals surface area contributed by atoms with Gasteiger partial charge < -0.3 is 4.90 Å². The second kappa shape index (κ2) is 7.83. The number of hydrogen-bond acceptors (Lipinski definition) is 3. The Morgan fingerprint density at radius 1 is 1.29 bits per heavy atom. The minimum Gasteiger partial charge on any atom is -0.302 e. The van der Waals surface area contributed by atoms with Crippen LogP contribution in [0.5, 0.6) is 0 Å². The molecule has 17 heavy (non-hydrogen) atoms. The van der Waals surface area contributed by atoms with Crippen LogP contribution >= 0.6 is 0 Å². The molecule has 0 spiro atoms. The first kappa shape index (κ1) is 14.7. The number of carbonyl (C=O) groups is 1. The highest BCUT2D eigenvalue weighted by Crippen LogP contribution is 2.15. The van der Waals surface area contributed by atoms with Crippen LogP contribution in [-0.4, -0.2) is 54.3 Å². The molecule has 0 radical (unpaired) electrons. The van der Waals surface area contributed by atoms with Crippen molar-refractivity contribution < 1.29 is 4.79 Å². The number of ketones is 1. The van der Waals surface area contributed by atoms with Gasteiger partial charge in [0.25, 0.3) is 0 Å². The zero-order valence-corrected chi connectivity index (χ0v) is 11.7. The summed E-state index contributed by atoms with van der Waals surface area (Å²) in [7, 11) is 0. The molecule has 1 saturated heterocycles. The third-order valence-corrected chi connectivity index (χ3v) is 3.90. The molecule has 3 nitrogen and oxygen atoms in total. The predicted molar refractivity (Wildman–Crippen MR) is 72.3 cm³/mol. The lowest BCUT2D eigenvalue weighted by atomic mass is 10.2. The number of rotatable bonds is 8. The topological polar surface area (TPSA) is 23.6 Å². The summed E-state index contributed by atoms with van der Waals surface area (Å²) >= 11 is 0. The molecule has 0 amide bonds. The van der Waals surface area contributed by atoms with Crippen LogP contribution in [-0.2, 0) is 4.79 Å². The van der Waals surface area contributed by atoms with Crippen LogP contribution in [0.25, 0.3) is 0 Å². The normalized spacial score (nSPS) is 21.3. The molecule has 1 atom stereocenters. The van der Waals surface area contributed by atoms with E-state index in [2.05, 4.69) is 23.6 Å². The molecule has 3 heteroatoms. The van der Waals surface area contributed by atoms with Gasteiger partial charge in [0.15, 0.2) is 0 Å². The van der Waals surface area contributed by atoms with E-state index >= 15 is 0 Å². The van der Waals surface area contributed by atoms with E-state index in [1.54, 1.807) is 0 Å². The highest BCUT2D eigenvalue weighted by molar-refractivity contribution is 5.77. The van der Waals surface area contributed by atoms with Gasteiger partial charge in [0, 0.05) is 25.4 Å². The zero-order chi connectivity index (χ0) is 12.7. The SMILES string of the molecule is CCC(=O)CCCN1CCC(N(CC)CC)C1. The Balaban J connectivity index is 2.19. The van der Waals surface area contributed by atoms with Crippen LogP contribution in [0.3, 0.4) is 0 Å². The van der Waals surface area contributed by atoms with E-state index in [9.17, 15) is 4.79 Å². The van der Waals surface area contributed by atoms with Gasteiger partial charge in [0.1, 0.15) is 5.78 Å². The summed E-state index contributed by atoms with van der Waals surface area (Å²) in [5.74, 6) is 0.407. The molecule has 1 aliphatic heterocycles. The lowest BCUT2D eigenvalue weighted by molar-refractivity contribution is -0.118. The zero-order valence-electron chi connectivity index (χ0n) is 11.7. The number of likely N-dealkylation sites (N-methyl/N-ethyl adjacent to an activating group) is 1. The molecule has 0 aliphatic carbocycles. The first-order valence-corrected chi connectivity index (χ1v) is 7.19. The monoisotopic (exact) mass is 240 g/mol. The predicted octanol–water partition coefficient (Wildman–Crippen LogP) is 2.16. The number of nitrogens with zero attached hydrogens (tertiary/aromatic N) is 2. The van der Waals surface area contributed by atoms with E-state index in [1.165, 1.54) is 19.5 Å². The minimum absolute atomic E-state index is 0.407. The third-order valence-electron chi connectivity index (χ3n) is 3.90. The number of likely N-dealkylation sites (tertiary alicyclic amines) is 1. The maximum absolute atomic E-state index is 11.2. The average molecular weight is 240 g/mol. The fourth-order valence-electron chi connectivity index (χ4n) is 2.73. The lowest BCUT2D eigenvalue weighted by Gasteiger charge is -2.26. The molecule has 0 aromatic heterocycles. The van der Waals surface area contributed by atoms with Gasteiger partial charge in [-0.1, -0.05) is 20.8 Å². The minimum atomic E-state index is 0.407. The van der Waals surface area contributed by atoms with Crippen molar-refractivity contribution in [3.05, 3.63) is 0 Å². The Labute approximate surface area is 106 Å². The highest BCUT2D eigenvalue weighted by Gasteiger charge is 2.25. The van der Waals surface area contributed by atoms with Crippen LogP contribution in [0, 0.1) is 0 Å². The Morgan fingerprint density at radius 3 is 2.59 bits per heavy atom. The molecule has 1 unspecified atom stereocenters. The summed E-state index contributed by atoms with van der Waals surface area (Å²) in [5, 5.41) is 0. The van der Waals surface area contributed by atoms with Gasteiger partial charge in [-0.15, -0.1) is 0 Å². The average Bonchev–Trinajstić information content (AvgIpc) is 2.79. The third kappa shape index (κ3) is 4.76. The summed E-state index contributed by atoms with van der Waals surface area (Å²) in [6.45, 7) is 12.3. The fraction of sp³-hybridized carbons (Fsp3) is 0.929. The van der Waals surface area contributed by atoms with E-state index < -0.39 is 0 Å². The molecule has 1 aliphatic rings. The second-order valence-corrected chi connectivity index (χ2v) is 4.96. The Morgan fingerprint density at radius 2 is 2.00 bits per heavy atom. The van der Waals surface area contributed by atoms with Crippen molar-refractivity contribution in [2.45, 2.75) is 52.5 Å². The van der Waals surface area contributed by atoms with E-state index in [4.69, 9.17) is 0 Å². The quantitative estimate of drug-likeness (QED) is 0.649. The molecule has 100 valence electrons. The summed E-state index contributed by atoms with van der Waals surface area (Å²) in [6.07, 6.45) is 3.80. The van der Waals surface area contributed by atoms with Crippen molar-refractivity contribution in [3.8, 4) is 0 Å². The summed E-state index contributed by atoms with van der Waals surface area (Å²) in [6, 6.07) is 0.742. The summed E-state index contributed by atoms with van der Waals surface area (Å²) < 4.78 is 0. The van der Waals surface area contributed by atoms with E-state index in [0.717, 1.165) is 38.5 Å². The van der Waals surface area contributed by atoms with Crippen LogP contribution in [0.1, 0.15) is 46.5 Å².